The van der Waals surface area contributed by atoms with E-state index in [2.05, 4.69) is 38.8 Å². The molecular formula is C25H20N4O. The summed E-state index contributed by atoms with van der Waals surface area (Å²) in [4.78, 5) is 21.6. The van der Waals surface area contributed by atoms with Gasteiger partial charge in [-0.1, -0.05) is 42.5 Å². The number of anilines is 2. The molecule has 0 aliphatic heterocycles. The highest BCUT2D eigenvalue weighted by atomic mass is 16.1. The Hall–Kier alpha value is -3.99. The smallest absolute Gasteiger partial charge is 0.256 e. The number of rotatable bonds is 5. The van der Waals surface area contributed by atoms with Crippen molar-refractivity contribution >= 4 is 17.4 Å². The van der Waals surface area contributed by atoms with E-state index >= 15 is 0 Å². The maximum absolute atomic E-state index is 13.0. The number of amides is 1. The zero-order chi connectivity index (χ0) is 20.3. The van der Waals surface area contributed by atoms with Crippen LogP contribution in [0.4, 0.5) is 11.5 Å². The van der Waals surface area contributed by atoms with Gasteiger partial charge in [0, 0.05) is 11.8 Å². The molecule has 146 valence electrons. The second kappa shape index (κ2) is 7.79. The minimum Gasteiger partial charge on any atom is -0.364 e. The summed E-state index contributed by atoms with van der Waals surface area (Å²) in [6.07, 6.45) is 4.21. The molecule has 0 unspecified atom stereocenters. The third-order valence-electron chi connectivity index (χ3n) is 5.29. The molecule has 0 radical (unpaired) electrons. The Labute approximate surface area is 174 Å². The summed E-state index contributed by atoms with van der Waals surface area (Å²) in [7, 11) is 0. The van der Waals surface area contributed by atoms with E-state index in [1.165, 1.54) is 11.1 Å². The molecule has 1 aliphatic carbocycles. The first-order valence-electron chi connectivity index (χ1n) is 9.89. The van der Waals surface area contributed by atoms with Crippen molar-refractivity contribution in [3.8, 4) is 11.1 Å². The van der Waals surface area contributed by atoms with E-state index in [9.17, 15) is 4.79 Å². The fourth-order valence-corrected chi connectivity index (χ4v) is 3.82. The highest BCUT2D eigenvalue weighted by Gasteiger charge is 2.23. The lowest BCUT2D eigenvalue weighted by Gasteiger charge is -2.10. The quantitative estimate of drug-likeness (QED) is 0.446. The van der Waals surface area contributed by atoms with Crippen molar-refractivity contribution in [2.24, 2.45) is 0 Å². The van der Waals surface area contributed by atoms with E-state index < -0.39 is 0 Å². The fraction of sp³-hybridized carbons (Fsp3) is 0.0800. The molecule has 0 spiro atoms. The Morgan fingerprint density at radius 3 is 2.57 bits per heavy atom. The summed E-state index contributed by atoms with van der Waals surface area (Å²) < 4.78 is 0. The van der Waals surface area contributed by atoms with Crippen LogP contribution in [0, 0.1) is 0 Å². The molecule has 30 heavy (non-hydrogen) atoms. The number of nitrogens with zero attached hydrogens (tertiary/aromatic N) is 2. The van der Waals surface area contributed by atoms with Gasteiger partial charge in [-0.05, 0) is 59.0 Å². The second-order valence-electron chi connectivity index (χ2n) is 7.23. The monoisotopic (exact) mass is 392 g/mol. The first-order chi connectivity index (χ1) is 14.8. The summed E-state index contributed by atoms with van der Waals surface area (Å²) in [5.74, 6) is 0.616. The Morgan fingerprint density at radius 1 is 0.867 bits per heavy atom. The SMILES string of the molecule is O=C(Nc1ccc(NCc2ccccn2)nc1)c1cccc2c1Cc1ccccc1-2. The minimum absolute atomic E-state index is 0.115. The molecule has 0 saturated carbocycles. The number of hydrogen-bond donors (Lipinski definition) is 2. The molecule has 2 aromatic carbocycles. The Morgan fingerprint density at radius 2 is 1.73 bits per heavy atom. The number of carbonyl (C=O) groups excluding carboxylic acids is 1. The first-order valence-corrected chi connectivity index (χ1v) is 9.89. The summed E-state index contributed by atoms with van der Waals surface area (Å²) >= 11 is 0. The maximum Gasteiger partial charge on any atom is 0.256 e. The van der Waals surface area contributed by atoms with E-state index in [4.69, 9.17) is 0 Å². The molecule has 1 amide bonds. The van der Waals surface area contributed by atoms with Crippen molar-refractivity contribution in [3.05, 3.63) is 108 Å². The molecule has 5 nitrogen and oxygen atoms in total. The van der Waals surface area contributed by atoms with Gasteiger partial charge in [-0.15, -0.1) is 0 Å². The topological polar surface area (TPSA) is 66.9 Å². The van der Waals surface area contributed by atoms with Gasteiger partial charge in [0.05, 0.1) is 24.1 Å². The number of fused-ring (bicyclic) bond motifs is 3. The van der Waals surface area contributed by atoms with Gasteiger partial charge in [0.2, 0.25) is 0 Å². The van der Waals surface area contributed by atoms with Crippen LogP contribution in [0.5, 0.6) is 0 Å². The largest absolute Gasteiger partial charge is 0.364 e. The van der Waals surface area contributed by atoms with Crippen LogP contribution < -0.4 is 10.6 Å². The highest BCUT2D eigenvalue weighted by molar-refractivity contribution is 6.07. The van der Waals surface area contributed by atoms with Crippen molar-refractivity contribution in [1.29, 1.82) is 0 Å². The van der Waals surface area contributed by atoms with Crippen LogP contribution in [0.2, 0.25) is 0 Å². The molecule has 2 N–H and O–H groups in total. The number of hydrogen-bond acceptors (Lipinski definition) is 4. The Bertz CT molecular complexity index is 1200. The van der Waals surface area contributed by atoms with Gasteiger partial charge in [0.25, 0.3) is 5.91 Å². The number of pyridine rings is 2. The van der Waals surface area contributed by atoms with Crippen molar-refractivity contribution in [2.45, 2.75) is 13.0 Å². The Kier molecular flexibility index (Phi) is 4.69. The Balaban J connectivity index is 1.29. The molecule has 0 bridgehead atoms. The third kappa shape index (κ3) is 3.53. The van der Waals surface area contributed by atoms with Crippen molar-refractivity contribution in [1.82, 2.24) is 9.97 Å². The van der Waals surface area contributed by atoms with Crippen LogP contribution in [-0.4, -0.2) is 15.9 Å². The van der Waals surface area contributed by atoms with Gasteiger partial charge in [-0.3, -0.25) is 9.78 Å². The molecule has 4 aromatic rings. The number of nitrogens with one attached hydrogen (secondary N) is 2. The van der Waals surface area contributed by atoms with Gasteiger partial charge in [-0.25, -0.2) is 4.98 Å². The summed E-state index contributed by atoms with van der Waals surface area (Å²) in [6.45, 7) is 0.594. The summed E-state index contributed by atoms with van der Waals surface area (Å²) in [5, 5.41) is 6.21. The van der Waals surface area contributed by atoms with Gasteiger partial charge in [-0.2, -0.15) is 0 Å². The average Bonchev–Trinajstić information content (AvgIpc) is 3.18. The second-order valence-corrected chi connectivity index (χ2v) is 7.23. The summed E-state index contributed by atoms with van der Waals surface area (Å²) in [6, 6.07) is 23.7. The molecule has 0 fully saturated rings. The molecule has 5 rings (SSSR count). The van der Waals surface area contributed by atoms with Gasteiger partial charge >= 0.3 is 0 Å². The maximum atomic E-state index is 13.0. The van der Waals surface area contributed by atoms with E-state index in [-0.39, 0.29) is 5.91 Å². The molecule has 0 saturated heterocycles. The van der Waals surface area contributed by atoms with Crippen LogP contribution in [-0.2, 0) is 13.0 Å². The molecule has 2 aromatic heterocycles. The standard InChI is InChI=1S/C25H20N4O/c30-25(22-10-5-9-21-20-8-2-1-6-17(20)14-23(21)22)29-19-11-12-24(28-16-19)27-15-18-7-3-4-13-26-18/h1-13,16H,14-15H2,(H,27,28)(H,29,30). The normalized spacial score (nSPS) is 11.5. The summed E-state index contributed by atoms with van der Waals surface area (Å²) in [5.41, 5.74) is 7.02. The predicted molar refractivity (Wildman–Crippen MR) is 118 cm³/mol. The van der Waals surface area contributed by atoms with Crippen molar-refractivity contribution in [2.75, 3.05) is 10.6 Å². The van der Waals surface area contributed by atoms with Crippen molar-refractivity contribution < 1.29 is 4.79 Å². The fourth-order valence-electron chi connectivity index (χ4n) is 3.82. The highest BCUT2D eigenvalue weighted by Crippen LogP contribution is 2.38. The molecule has 5 heteroatoms. The molecular weight excluding hydrogens is 372 g/mol. The first kappa shape index (κ1) is 18.1. The third-order valence-corrected chi connectivity index (χ3v) is 5.29. The van der Waals surface area contributed by atoms with E-state index in [0.29, 0.717) is 17.8 Å². The van der Waals surface area contributed by atoms with E-state index in [1.54, 1.807) is 12.4 Å². The van der Waals surface area contributed by atoms with Crippen LogP contribution in [0.1, 0.15) is 27.2 Å². The average molecular weight is 392 g/mol. The van der Waals surface area contributed by atoms with Crippen LogP contribution in [0.3, 0.4) is 0 Å². The van der Waals surface area contributed by atoms with Gasteiger partial charge in [0.15, 0.2) is 0 Å². The molecule has 0 atom stereocenters. The predicted octanol–water partition coefficient (Wildman–Crippen LogP) is 4.91. The van der Waals surface area contributed by atoms with Crippen LogP contribution in [0.15, 0.2) is 85.2 Å². The van der Waals surface area contributed by atoms with Crippen LogP contribution in [0.25, 0.3) is 11.1 Å². The lowest BCUT2D eigenvalue weighted by molar-refractivity contribution is 0.102. The van der Waals surface area contributed by atoms with E-state index in [0.717, 1.165) is 29.1 Å². The van der Waals surface area contributed by atoms with Gasteiger partial charge < -0.3 is 10.6 Å². The van der Waals surface area contributed by atoms with E-state index in [1.807, 2.05) is 54.6 Å². The molecule has 2 heterocycles. The van der Waals surface area contributed by atoms with Crippen LogP contribution >= 0.6 is 0 Å². The van der Waals surface area contributed by atoms with Crippen molar-refractivity contribution in [3.63, 3.8) is 0 Å². The number of aromatic nitrogens is 2. The molecule has 1 aliphatic rings. The minimum atomic E-state index is -0.115. The zero-order valence-electron chi connectivity index (χ0n) is 16.3. The lowest BCUT2D eigenvalue weighted by atomic mass is 10.0. The number of benzene rings is 2. The lowest BCUT2D eigenvalue weighted by Crippen LogP contribution is -2.14. The zero-order valence-corrected chi connectivity index (χ0v) is 16.3. The number of carbonyl (C=O) groups is 1. The van der Waals surface area contributed by atoms with Gasteiger partial charge in [0.1, 0.15) is 5.82 Å².